The summed E-state index contributed by atoms with van der Waals surface area (Å²) >= 11 is 0. The molecule has 1 aliphatic rings. The zero-order chi connectivity index (χ0) is 11.9. The zero-order valence-corrected chi connectivity index (χ0v) is 10.5. The van der Waals surface area contributed by atoms with Crippen molar-refractivity contribution < 1.29 is 0 Å². The molecule has 0 aromatic rings. The highest BCUT2D eigenvalue weighted by Crippen LogP contribution is 2.21. The van der Waals surface area contributed by atoms with Crippen LogP contribution in [0.4, 0.5) is 0 Å². The molecule has 0 aromatic carbocycles. The predicted molar refractivity (Wildman–Crippen MR) is 69.2 cm³/mol. The third kappa shape index (κ3) is 3.79. The normalized spacial score (nSPS) is 20.6. The Hall–Kier alpha value is -0.560. The van der Waals surface area contributed by atoms with E-state index < -0.39 is 0 Å². The minimum atomic E-state index is 0.140. The first-order valence-corrected chi connectivity index (χ1v) is 6.37. The van der Waals surface area contributed by atoms with E-state index in [-0.39, 0.29) is 5.54 Å². The van der Waals surface area contributed by atoms with E-state index in [0.717, 1.165) is 45.4 Å². The lowest BCUT2D eigenvalue weighted by Gasteiger charge is -2.42. The molecule has 1 aliphatic heterocycles. The lowest BCUT2D eigenvalue weighted by molar-refractivity contribution is 0.140. The van der Waals surface area contributed by atoms with Crippen LogP contribution in [0.25, 0.3) is 0 Å². The molecule has 92 valence electrons. The highest BCUT2D eigenvalue weighted by Gasteiger charge is 2.32. The molecule has 1 rings (SSSR count). The van der Waals surface area contributed by atoms with Crippen LogP contribution in [0.5, 0.6) is 0 Å². The van der Waals surface area contributed by atoms with Crippen molar-refractivity contribution in [2.45, 2.75) is 38.1 Å². The molecule has 0 atom stereocenters. The Morgan fingerprint density at radius 2 is 2.12 bits per heavy atom. The van der Waals surface area contributed by atoms with Gasteiger partial charge in [-0.3, -0.25) is 0 Å². The molecule has 0 radical (unpaired) electrons. The Labute approximate surface area is 99.8 Å². The number of likely N-dealkylation sites (tertiary alicyclic amines) is 1. The van der Waals surface area contributed by atoms with Crippen LogP contribution in [0.2, 0.25) is 0 Å². The molecule has 3 heteroatoms. The van der Waals surface area contributed by atoms with E-state index in [4.69, 9.17) is 12.2 Å². The van der Waals surface area contributed by atoms with Crippen LogP contribution in [0, 0.1) is 12.3 Å². The monoisotopic (exact) mass is 223 g/mol. The molecule has 0 amide bonds. The van der Waals surface area contributed by atoms with Crippen LogP contribution in [0.1, 0.15) is 32.6 Å². The Kier molecular flexibility index (Phi) is 5.83. The topological polar surface area (TPSA) is 41.3 Å². The Bertz CT molecular complexity index is 224. The van der Waals surface area contributed by atoms with Gasteiger partial charge >= 0.3 is 0 Å². The molecule has 1 fully saturated rings. The summed E-state index contributed by atoms with van der Waals surface area (Å²) in [5.41, 5.74) is 6.05. The van der Waals surface area contributed by atoms with Gasteiger partial charge in [0.25, 0.3) is 0 Å². The van der Waals surface area contributed by atoms with Crippen molar-refractivity contribution in [1.29, 1.82) is 0 Å². The summed E-state index contributed by atoms with van der Waals surface area (Å²) in [5, 5.41) is 3.55. The van der Waals surface area contributed by atoms with Gasteiger partial charge in [0, 0.05) is 25.0 Å². The lowest BCUT2D eigenvalue weighted by atomic mass is 9.87. The second-order valence-corrected chi connectivity index (χ2v) is 4.71. The van der Waals surface area contributed by atoms with Crippen molar-refractivity contribution in [3.8, 4) is 12.3 Å². The molecule has 0 saturated carbocycles. The van der Waals surface area contributed by atoms with Gasteiger partial charge in [-0.05, 0) is 38.9 Å². The van der Waals surface area contributed by atoms with E-state index in [0.29, 0.717) is 0 Å². The number of hydrogen-bond donors (Lipinski definition) is 2. The van der Waals surface area contributed by atoms with Crippen LogP contribution >= 0.6 is 0 Å². The summed E-state index contributed by atoms with van der Waals surface area (Å²) in [6.45, 7) is 7.38. The van der Waals surface area contributed by atoms with Gasteiger partial charge in [-0.2, -0.15) is 0 Å². The van der Waals surface area contributed by atoms with Crippen molar-refractivity contribution in [3.05, 3.63) is 0 Å². The van der Waals surface area contributed by atoms with E-state index in [1.165, 1.54) is 13.0 Å². The first-order chi connectivity index (χ1) is 7.76. The maximum absolute atomic E-state index is 5.91. The second-order valence-electron chi connectivity index (χ2n) is 4.71. The third-order valence-electron chi connectivity index (χ3n) is 3.51. The van der Waals surface area contributed by atoms with Crippen LogP contribution in [-0.2, 0) is 0 Å². The fraction of sp³-hybridized carbons (Fsp3) is 0.846. The third-order valence-corrected chi connectivity index (χ3v) is 3.51. The quantitative estimate of drug-likeness (QED) is 0.517. The molecule has 3 N–H and O–H groups in total. The number of nitrogens with one attached hydrogen (secondary N) is 1. The van der Waals surface area contributed by atoms with Crippen LogP contribution in [-0.4, -0.2) is 43.2 Å². The van der Waals surface area contributed by atoms with Gasteiger partial charge in [-0.1, -0.05) is 6.92 Å². The van der Waals surface area contributed by atoms with Gasteiger partial charge in [0.1, 0.15) is 0 Å². The van der Waals surface area contributed by atoms with Crippen LogP contribution in [0.3, 0.4) is 0 Å². The van der Waals surface area contributed by atoms with Crippen LogP contribution in [0.15, 0.2) is 0 Å². The van der Waals surface area contributed by atoms with Gasteiger partial charge in [-0.15, -0.1) is 12.3 Å². The average molecular weight is 223 g/mol. The molecular formula is C13H25N3. The molecule has 1 saturated heterocycles. The molecule has 0 unspecified atom stereocenters. The summed E-state index contributed by atoms with van der Waals surface area (Å²) in [7, 11) is 0. The molecule has 0 bridgehead atoms. The van der Waals surface area contributed by atoms with E-state index in [9.17, 15) is 0 Å². The van der Waals surface area contributed by atoms with E-state index in [1.807, 2.05) is 0 Å². The molecule has 3 nitrogen and oxygen atoms in total. The van der Waals surface area contributed by atoms with Gasteiger partial charge in [-0.25, -0.2) is 0 Å². The van der Waals surface area contributed by atoms with Crippen molar-refractivity contribution in [3.63, 3.8) is 0 Å². The second kappa shape index (κ2) is 6.90. The average Bonchev–Trinajstić information content (AvgIpc) is 2.32. The number of hydrogen-bond acceptors (Lipinski definition) is 3. The van der Waals surface area contributed by atoms with Crippen molar-refractivity contribution in [2.75, 3.05) is 32.7 Å². The molecular weight excluding hydrogens is 198 g/mol. The summed E-state index contributed by atoms with van der Waals surface area (Å²) in [5.74, 6) is 2.66. The fourth-order valence-electron chi connectivity index (χ4n) is 2.37. The van der Waals surface area contributed by atoms with Gasteiger partial charge in [0.15, 0.2) is 0 Å². The minimum Gasteiger partial charge on any atom is -0.329 e. The van der Waals surface area contributed by atoms with Gasteiger partial charge in [0.05, 0.1) is 0 Å². The van der Waals surface area contributed by atoms with Gasteiger partial charge in [0.2, 0.25) is 0 Å². The number of nitrogens with two attached hydrogens (primary N) is 1. The van der Waals surface area contributed by atoms with E-state index in [2.05, 4.69) is 23.1 Å². The molecule has 16 heavy (non-hydrogen) atoms. The minimum absolute atomic E-state index is 0.140. The van der Waals surface area contributed by atoms with Gasteiger partial charge < -0.3 is 16.0 Å². The summed E-state index contributed by atoms with van der Waals surface area (Å²) in [6, 6.07) is 0. The standard InChI is InChI=1S/C13H25N3/c1-3-5-8-15-13(12-14)6-10-16(9-4-2)11-7-13/h1,15H,4-12,14H2,2H3. The highest BCUT2D eigenvalue weighted by molar-refractivity contribution is 4.95. The Morgan fingerprint density at radius 3 is 2.62 bits per heavy atom. The predicted octanol–water partition coefficient (Wildman–Crippen LogP) is 0.803. The maximum Gasteiger partial charge on any atom is 0.0328 e. The molecule has 0 aliphatic carbocycles. The van der Waals surface area contributed by atoms with Crippen molar-refractivity contribution in [2.24, 2.45) is 5.73 Å². The number of piperidine rings is 1. The first-order valence-electron chi connectivity index (χ1n) is 6.37. The summed E-state index contributed by atoms with van der Waals surface area (Å²) in [4.78, 5) is 2.52. The number of rotatable bonds is 6. The molecule has 0 aromatic heterocycles. The van der Waals surface area contributed by atoms with E-state index in [1.54, 1.807) is 0 Å². The summed E-state index contributed by atoms with van der Waals surface area (Å²) in [6.07, 6.45) is 9.58. The Balaban J connectivity index is 2.36. The van der Waals surface area contributed by atoms with Crippen LogP contribution < -0.4 is 11.1 Å². The van der Waals surface area contributed by atoms with Crippen molar-refractivity contribution >= 4 is 0 Å². The SMILES string of the molecule is C#CCCNC1(CN)CCN(CCC)CC1. The van der Waals surface area contributed by atoms with Crippen molar-refractivity contribution in [1.82, 2.24) is 10.2 Å². The number of nitrogens with zero attached hydrogens (tertiary/aromatic N) is 1. The molecule has 1 heterocycles. The molecule has 0 spiro atoms. The fourth-order valence-corrected chi connectivity index (χ4v) is 2.37. The largest absolute Gasteiger partial charge is 0.329 e. The highest BCUT2D eigenvalue weighted by atomic mass is 15.2. The smallest absolute Gasteiger partial charge is 0.0328 e. The Morgan fingerprint density at radius 1 is 1.44 bits per heavy atom. The zero-order valence-electron chi connectivity index (χ0n) is 10.5. The maximum atomic E-state index is 5.91. The first kappa shape index (κ1) is 13.5. The summed E-state index contributed by atoms with van der Waals surface area (Å²) < 4.78 is 0. The number of terminal acetylenes is 1. The van der Waals surface area contributed by atoms with E-state index >= 15 is 0 Å². The lowest BCUT2D eigenvalue weighted by Crippen LogP contribution is -2.57.